The number of hydrogen-bond acceptors (Lipinski definition) is 0. The summed E-state index contributed by atoms with van der Waals surface area (Å²) in [6.07, 6.45) is 10.8. The number of rotatable bonds is 5. The lowest BCUT2D eigenvalue weighted by molar-refractivity contribution is 0.415. The minimum atomic E-state index is -0.0166. The zero-order valence-corrected chi connectivity index (χ0v) is 21.7. The van der Waals surface area contributed by atoms with E-state index < -0.39 is 0 Å². The predicted octanol–water partition coefficient (Wildman–Crippen LogP) is 9.31. The van der Waals surface area contributed by atoms with Gasteiger partial charge in [-0.05, 0) is 70.4 Å². The Kier molecular flexibility index (Phi) is 5.81. The topological polar surface area (TPSA) is 0 Å². The first-order valence-corrected chi connectivity index (χ1v) is 12.7. The van der Waals surface area contributed by atoms with E-state index >= 15 is 0 Å². The number of allylic oxidation sites excluding steroid dienone is 4. The first-order valence-electron chi connectivity index (χ1n) is 12.7. The summed E-state index contributed by atoms with van der Waals surface area (Å²) in [7, 11) is 0. The Balaban J connectivity index is 2.06. The Hall–Kier alpha value is -2.08. The van der Waals surface area contributed by atoms with Gasteiger partial charge in [0.05, 0.1) is 0 Å². The van der Waals surface area contributed by atoms with Crippen molar-refractivity contribution in [1.29, 1.82) is 0 Å². The van der Waals surface area contributed by atoms with Crippen LogP contribution in [0.4, 0.5) is 0 Å². The van der Waals surface area contributed by atoms with Crippen LogP contribution >= 0.6 is 0 Å². The SMILES string of the molecule is CCCc1ccc2c(c1)C(CCC)(C1=CC(C)=CC(C)(C)C1)c1cc(C(C)(C)C)ccc1-2. The van der Waals surface area contributed by atoms with Gasteiger partial charge >= 0.3 is 0 Å². The van der Waals surface area contributed by atoms with Crippen LogP contribution in [0.25, 0.3) is 11.1 Å². The lowest BCUT2D eigenvalue weighted by Crippen LogP contribution is -2.32. The average molecular weight is 427 g/mol. The van der Waals surface area contributed by atoms with Gasteiger partial charge in [-0.3, -0.25) is 0 Å². The third-order valence-electron chi connectivity index (χ3n) is 7.56. The van der Waals surface area contributed by atoms with Crippen LogP contribution in [0.15, 0.2) is 59.7 Å². The summed E-state index contributed by atoms with van der Waals surface area (Å²) < 4.78 is 0. The van der Waals surface area contributed by atoms with Crippen molar-refractivity contribution in [2.24, 2.45) is 5.41 Å². The molecule has 2 aromatic rings. The molecule has 0 aliphatic heterocycles. The second-order valence-corrected chi connectivity index (χ2v) is 12.0. The molecule has 0 N–H and O–H groups in total. The van der Waals surface area contributed by atoms with E-state index in [2.05, 4.69) is 104 Å². The molecule has 32 heavy (non-hydrogen) atoms. The lowest BCUT2D eigenvalue weighted by atomic mass is 9.62. The first-order chi connectivity index (χ1) is 15.0. The van der Waals surface area contributed by atoms with Gasteiger partial charge in [0.1, 0.15) is 0 Å². The van der Waals surface area contributed by atoms with E-state index in [-0.39, 0.29) is 16.2 Å². The van der Waals surface area contributed by atoms with Gasteiger partial charge in [-0.2, -0.15) is 0 Å². The standard InChI is InChI=1S/C32H42/c1-9-11-23-12-14-26-27-15-13-24(30(4,5)6)19-29(27)32(16-10-2,28(26)18-23)25-17-22(3)20-31(7,8)21-25/h12-15,17-20H,9-11,16,21H2,1-8H3. The van der Waals surface area contributed by atoms with Crippen LogP contribution in [0, 0.1) is 5.41 Å². The van der Waals surface area contributed by atoms with Gasteiger partial charge in [-0.1, -0.05) is 121 Å². The maximum atomic E-state index is 2.56. The van der Waals surface area contributed by atoms with E-state index in [9.17, 15) is 0 Å². The van der Waals surface area contributed by atoms with Crippen molar-refractivity contribution in [2.75, 3.05) is 0 Å². The smallest absolute Gasteiger partial charge is 0.0426 e. The van der Waals surface area contributed by atoms with Crippen molar-refractivity contribution in [3.8, 4) is 11.1 Å². The molecule has 0 spiro atoms. The molecular weight excluding hydrogens is 384 g/mol. The molecular formula is C32H42. The van der Waals surface area contributed by atoms with Crippen molar-refractivity contribution >= 4 is 0 Å². The lowest BCUT2D eigenvalue weighted by Gasteiger charge is -2.41. The third-order valence-corrected chi connectivity index (χ3v) is 7.56. The summed E-state index contributed by atoms with van der Waals surface area (Å²) in [4.78, 5) is 0. The Morgan fingerprint density at radius 1 is 0.875 bits per heavy atom. The molecule has 1 unspecified atom stereocenters. The van der Waals surface area contributed by atoms with Gasteiger partial charge in [-0.15, -0.1) is 0 Å². The fourth-order valence-corrected chi connectivity index (χ4v) is 6.32. The highest BCUT2D eigenvalue weighted by atomic mass is 14.5. The fraction of sp³-hybridized carbons (Fsp3) is 0.500. The van der Waals surface area contributed by atoms with Gasteiger partial charge in [0.2, 0.25) is 0 Å². The normalized spacial score (nSPS) is 21.6. The van der Waals surface area contributed by atoms with E-state index in [0.29, 0.717) is 0 Å². The first kappa shape index (κ1) is 23.1. The molecule has 0 fully saturated rings. The van der Waals surface area contributed by atoms with Gasteiger partial charge in [0.15, 0.2) is 0 Å². The van der Waals surface area contributed by atoms with E-state index in [1.807, 2.05) is 0 Å². The fourth-order valence-electron chi connectivity index (χ4n) is 6.32. The molecule has 0 heterocycles. The van der Waals surface area contributed by atoms with E-state index in [4.69, 9.17) is 0 Å². The van der Waals surface area contributed by atoms with Crippen LogP contribution in [-0.4, -0.2) is 0 Å². The van der Waals surface area contributed by atoms with Gasteiger partial charge in [0, 0.05) is 5.41 Å². The van der Waals surface area contributed by atoms with Crippen LogP contribution in [0.2, 0.25) is 0 Å². The quantitative estimate of drug-likeness (QED) is 0.447. The van der Waals surface area contributed by atoms with Crippen LogP contribution in [-0.2, 0) is 17.3 Å². The van der Waals surface area contributed by atoms with Crippen LogP contribution in [0.5, 0.6) is 0 Å². The molecule has 0 nitrogen and oxygen atoms in total. The van der Waals surface area contributed by atoms with Crippen molar-refractivity contribution in [1.82, 2.24) is 0 Å². The molecule has 0 saturated carbocycles. The number of benzene rings is 2. The molecule has 0 saturated heterocycles. The monoisotopic (exact) mass is 426 g/mol. The molecule has 0 radical (unpaired) electrons. The van der Waals surface area contributed by atoms with Crippen LogP contribution < -0.4 is 0 Å². The average Bonchev–Trinajstić information content (AvgIpc) is 2.96. The summed E-state index contributed by atoms with van der Waals surface area (Å²) >= 11 is 0. The summed E-state index contributed by atoms with van der Waals surface area (Å²) in [6.45, 7) is 18.8. The Labute approximate surface area is 196 Å². The third kappa shape index (κ3) is 3.81. The summed E-state index contributed by atoms with van der Waals surface area (Å²) in [5.74, 6) is 0. The molecule has 0 heteroatoms. The van der Waals surface area contributed by atoms with Crippen LogP contribution in [0.3, 0.4) is 0 Å². The molecule has 4 rings (SSSR count). The number of fused-ring (bicyclic) bond motifs is 3. The van der Waals surface area contributed by atoms with E-state index in [1.54, 1.807) is 16.7 Å². The van der Waals surface area contributed by atoms with Crippen molar-refractivity contribution in [3.63, 3.8) is 0 Å². The summed E-state index contributed by atoms with van der Waals surface area (Å²) in [5, 5.41) is 0. The zero-order valence-electron chi connectivity index (χ0n) is 21.7. The molecule has 2 aliphatic carbocycles. The molecule has 2 aromatic carbocycles. The second-order valence-electron chi connectivity index (χ2n) is 12.0. The molecule has 170 valence electrons. The number of aryl methyl sites for hydroxylation is 1. The van der Waals surface area contributed by atoms with E-state index in [0.717, 1.165) is 12.8 Å². The van der Waals surface area contributed by atoms with Gasteiger partial charge < -0.3 is 0 Å². The Morgan fingerprint density at radius 2 is 1.53 bits per heavy atom. The second kappa shape index (κ2) is 8.05. The predicted molar refractivity (Wildman–Crippen MR) is 140 cm³/mol. The molecule has 1 atom stereocenters. The summed E-state index contributed by atoms with van der Waals surface area (Å²) in [6, 6.07) is 14.7. The minimum Gasteiger partial charge on any atom is -0.0756 e. The maximum absolute atomic E-state index is 2.56. The van der Waals surface area contributed by atoms with Crippen molar-refractivity contribution in [3.05, 3.63) is 82.0 Å². The molecule has 2 aliphatic rings. The van der Waals surface area contributed by atoms with Gasteiger partial charge in [-0.25, -0.2) is 0 Å². The van der Waals surface area contributed by atoms with E-state index in [1.165, 1.54) is 47.1 Å². The van der Waals surface area contributed by atoms with Crippen molar-refractivity contribution in [2.45, 2.75) is 98.3 Å². The maximum Gasteiger partial charge on any atom is 0.0426 e. The van der Waals surface area contributed by atoms with Crippen LogP contribution in [0.1, 0.15) is 103 Å². The zero-order chi connectivity index (χ0) is 23.3. The molecule has 0 aromatic heterocycles. The minimum absolute atomic E-state index is 0.0166. The highest BCUT2D eigenvalue weighted by molar-refractivity contribution is 5.84. The molecule has 0 amide bonds. The Bertz CT molecular complexity index is 1080. The van der Waals surface area contributed by atoms with Crippen molar-refractivity contribution < 1.29 is 0 Å². The highest BCUT2D eigenvalue weighted by Crippen LogP contribution is 2.58. The highest BCUT2D eigenvalue weighted by Gasteiger charge is 2.47. The Morgan fingerprint density at radius 3 is 2.12 bits per heavy atom. The molecule has 0 bridgehead atoms. The number of hydrogen-bond donors (Lipinski definition) is 0. The van der Waals surface area contributed by atoms with Gasteiger partial charge in [0.25, 0.3) is 0 Å². The summed E-state index contributed by atoms with van der Waals surface area (Å²) in [5.41, 5.74) is 12.3. The largest absolute Gasteiger partial charge is 0.0756 e.